The van der Waals surface area contributed by atoms with Crippen molar-refractivity contribution in [2.24, 2.45) is 0 Å². The van der Waals surface area contributed by atoms with Crippen LogP contribution in [0.1, 0.15) is 36.6 Å². The maximum absolute atomic E-state index is 11.9. The van der Waals surface area contributed by atoms with Gasteiger partial charge in [0.1, 0.15) is 5.38 Å². The van der Waals surface area contributed by atoms with Crippen molar-refractivity contribution < 1.29 is 4.79 Å². The molecule has 1 aliphatic carbocycles. The second kappa shape index (κ2) is 5.83. The lowest BCUT2D eigenvalue weighted by Gasteiger charge is -2.15. The minimum Gasteiger partial charge on any atom is -0.352 e. The first-order chi connectivity index (χ1) is 8.16. The Hall–Kier alpha value is -0.610. The molecule has 3 nitrogen and oxygen atoms in total. The summed E-state index contributed by atoms with van der Waals surface area (Å²) in [7, 11) is 0. The van der Waals surface area contributed by atoms with Crippen molar-refractivity contribution in [3.05, 3.63) is 28.5 Å². The molecule has 0 saturated heterocycles. The van der Waals surface area contributed by atoms with Gasteiger partial charge in [-0.05, 0) is 40.4 Å². The number of hydrogen-bond acceptors (Lipinski definition) is 2. The molecule has 0 aromatic carbocycles. The monoisotopic (exact) mass is 316 g/mol. The molecule has 1 N–H and O–H groups in total. The summed E-state index contributed by atoms with van der Waals surface area (Å²) in [6.45, 7) is 0. The van der Waals surface area contributed by atoms with Crippen LogP contribution in [-0.2, 0) is 4.79 Å². The van der Waals surface area contributed by atoms with E-state index in [-0.39, 0.29) is 5.91 Å². The second-order valence-electron chi connectivity index (χ2n) is 4.29. The smallest absolute Gasteiger partial charge is 0.242 e. The van der Waals surface area contributed by atoms with Gasteiger partial charge in [0.25, 0.3) is 0 Å². The third-order valence-corrected chi connectivity index (χ3v) is 3.83. The van der Waals surface area contributed by atoms with Crippen LogP contribution < -0.4 is 5.32 Å². The minimum atomic E-state index is -0.666. The fourth-order valence-electron chi connectivity index (χ4n) is 2.06. The van der Waals surface area contributed by atoms with E-state index in [4.69, 9.17) is 11.6 Å². The van der Waals surface area contributed by atoms with Crippen molar-refractivity contribution >= 4 is 33.4 Å². The standard InChI is InChI=1S/C12H14BrClN2O/c13-9-5-8(6-15-7-9)11(14)12(17)16-10-3-1-2-4-10/h5-7,10-11H,1-4H2,(H,16,17). The molecule has 1 atom stereocenters. The molecule has 1 fully saturated rings. The maximum atomic E-state index is 11.9. The Kier molecular flexibility index (Phi) is 4.40. The predicted octanol–water partition coefficient (Wildman–Crippen LogP) is 3.18. The van der Waals surface area contributed by atoms with Gasteiger partial charge in [-0.2, -0.15) is 0 Å². The molecule has 0 radical (unpaired) electrons. The Labute approximate surface area is 114 Å². The number of amides is 1. The zero-order valence-electron chi connectivity index (χ0n) is 9.33. The Morgan fingerprint density at radius 2 is 2.18 bits per heavy atom. The van der Waals surface area contributed by atoms with Crippen molar-refractivity contribution in [1.29, 1.82) is 0 Å². The van der Waals surface area contributed by atoms with Gasteiger partial charge in [-0.25, -0.2) is 0 Å². The highest BCUT2D eigenvalue weighted by Crippen LogP contribution is 2.24. The van der Waals surface area contributed by atoms with E-state index in [2.05, 4.69) is 26.2 Å². The van der Waals surface area contributed by atoms with E-state index in [0.29, 0.717) is 6.04 Å². The van der Waals surface area contributed by atoms with E-state index in [0.717, 1.165) is 22.9 Å². The molecule has 0 spiro atoms. The Morgan fingerprint density at radius 1 is 1.47 bits per heavy atom. The number of nitrogens with one attached hydrogen (secondary N) is 1. The van der Waals surface area contributed by atoms with Gasteiger partial charge >= 0.3 is 0 Å². The number of carbonyl (C=O) groups excluding carboxylic acids is 1. The van der Waals surface area contributed by atoms with Gasteiger partial charge in [0, 0.05) is 22.9 Å². The van der Waals surface area contributed by atoms with Crippen LogP contribution in [0.5, 0.6) is 0 Å². The summed E-state index contributed by atoms with van der Waals surface area (Å²) in [6.07, 6.45) is 7.80. The highest BCUT2D eigenvalue weighted by molar-refractivity contribution is 9.10. The van der Waals surface area contributed by atoms with E-state index in [1.165, 1.54) is 12.8 Å². The van der Waals surface area contributed by atoms with Gasteiger partial charge in [0.05, 0.1) is 0 Å². The van der Waals surface area contributed by atoms with Crippen LogP contribution in [0.4, 0.5) is 0 Å². The maximum Gasteiger partial charge on any atom is 0.242 e. The highest BCUT2D eigenvalue weighted by atomic mass is 79.9. The third kappa shape index (κ3) is 3.42. The summed E-state index contributed by atoms with van der Waals surface area (Å²) in [5.74, 6) is -0.126. The zero-order chi connectivity index (χ0) is 12.3. The fraction of sp³-hybridized carbons (Fsp3) is 0.500. The predicted molar refractivity (Wildman–Crippen MR) is 70.9 cm³/mol. The number of carbonyl (C=O) groups is 1. The van der Waals surface area contributed by atoms with Crippen LogP contribution >= 0.6 is 27.5 Å². The topological polar surface area (TPSA) is 42.0 Å². The normalized spacial score (nSPS) is 18.0. The molecule has 1 aromatic heterocycles. The van der Waals surface area contributed by atoms with E-state index < -0.39 is 5.38 Å². The van der Waals surface area contributed by atoms with Gasteiger partial charge in [-0.15, -0.1) is 11.6 Å². The van der Waals surface area contributed by atoms with Gasteiger partial charge in [-0.3, -0.25) is 9.78 Å². The molecule has 1 aliphatic rings. The summed E-state index contributed by atoms with van der Waals surface area (Å²) in [5.41, 5.74) is 0.719. The molecule has 1 unspecified atom stereocenters. The van der Waals surface area contributed by atoms with Crippen LogP contribution in [0.25, 0.3) is 0 Å². The zero-order valence-corrected chi connectivity index (χ0v) is 11.7. The lowest BCUT2D eigenvalue weighted by Crippen LogP contribution is -2.34. The van der Waals surface area contributed by atoms with Gasteiger partial charge in [-0.1, -0.05) is 12.8 Å². The number of aromatic nitrogens is 1. The van der Waals surface area contributed by atoms with Gasteiger partial charge in [0.15, 0.2) is 0 Å². The van der Waals surface area contributed by atoms with Crippen LogP contribution in [0, 0.1) is 0 Å². The number of pyridine rings is 1. The van der Waals surface area contributed by atoms with Crippen molar-refractivity contribution in [3.8, 4) is 0 Å². The molecule has 92 valence electrons. The summed E-state index contributed by atoms with van der Waals surface area (Å²) in [6, 6.07) is 2.11. The number of halogens is 2. The Balaban J connectivity index is 1.98. The van der Waals surface area contributed by atoms with Crippen LogP contribution in [0.2, 0.25) is 0 Å². The van der Waals surface area contributed by atoms with Crippen molar-refractivity contribution in [1.82, 2.24) is 10.3 Å². The SMILES string of the molecule is O=C(NC1CCCC1)C(Cl)c1cncc(Br)c1. The van der Waals surface area contributed by atoms with Crippen molar-refractivity contribution in [2.75, 3.05) is 0 Å². The Bertz CT molecular complexity index is 407. The molecule has 17 heavy (non-hydrogen) atoms. The molecule has 1 amide bonds. The average Bonchev–Trinajstić information content (AvgIpc) is 2.80. The first-order valence-corrected chi connectivity index (χ1v) is 6.94. The van der Waals surface area contributed by atoms with Crippen LogP contribution in [0.3, 0.4) is 0 Å². The van der Waals surface area contributed by atoms with E-state index >= 15 is 0 Å². The highest BCUT2D eigenvalue weighted by Gasteiger charge is 2.23. The first-order valence-electron chi connectivity index (χ1n) is 5.71. The molecular formula is C12H14BrClN2O. The second-order valence-corrected chi connectivity index (χ2v) is 5.64. The molecule has 0 aliphatic heterocycles. The van der Waals surface area contributed by atoms with Crippen molar-refractivity contribution in [2.45, 2.75) is 37.1 Å². The lowest BCUT2D eigenvalue weighted by molar-refractivity contribution is -0.121. The molecule has 0 bridgehead atoms. The van der Waals surface area contributed by atoms with Gasteiger partial charge in [0.2, 0.25) is 5.91 Å². The van der Waals surface area contributed by atoms with Crippen LogP contribution in [-0.4, -0.2) is 16.9 Å². The molecule has 1 heterocycles. The van der Waals surface area contributed by atoms with E-state index in [9.17, 15) is 4.79 Å². The quantitative estimate of drug-likeness (QED) is 0.870. The van der Waals surface area contributed by atoms with Gasteiger partial charge < -0.3 is 5.32 Å². The molecule has 2 rings (SSSR count). The molecular weight excluding hydrogens is 304 g/mol. The summed E-state index contributed by atoms with van der Waals surface area (Å²) >= 11 is 9.45. The number of alkyl halides is 1. The molecule has 1 saturated carbocycles. The van der Waals surface area contributed by atoms with E-state index in [1.807, 2.05) is 6.07 Å². The average molecular weight is 318 g/mol. The molecule has 1 aromatic rings. The summed E-state index contributed by atoms with van der Waals surface area (Å²) in [4.78, 5) is 15.9. The van der Waals surface area contributed by atoms with Crippen molar-refractivity contribution in [3.63, 3.8) is 0 Å². The third-order valence-electron chi connectivity index (χ3n) is 2.95. The molecule has 5 heteroatoms. The minimum absolute atomic E-state index is 0.126. The lowest BCUT2D eigenvalue weighted by atomic mass is 10.1. The summed E-state index contributed by atoms with van der Waals surface area (Å²) < 4.78 is 0.828. The largest absolute Gasteiger partial charge is 0.352 e. The summed E-state index contributed by atoms with van der Waals surface area (Å²) in [5, 5.41) is 2.32. The Morgan fingerprint density at radius 3 is 2.82 bits per heavy atom. The number of hydrogen-bond donors (Lipinski definition) is 1. The number of nitrogens with zero attached hydrogens (tertiary/aromatic N) is 1. The number of rotatable bonds is 3. The van der Waals surface area contributed by atoms with E-state index in [1.54, 1.807) is 12.4 Å². The fourth-order valence-corrected chi connectivity index (χ4v) is 2.63. The van der Waals surface area contributed by atoms with Crippen LogP contribution in [0.15, 0.2) is 22.9 Å². The first kappa shape index (κ1) is 12.8.